The molecule has 0 aliphatic carbocycles. The number of hydrogen-bond donors (Lipinski definition) is 1. The number of aryl methyl sites for hydroxylation is 1. The van der Waals surface area contributed by atoms with Gasteiger partial charge in [0.05, 0.1) is 6.54 Å². The fourth-order valence-corrected chi connectivity index (χ4v) is 2.70. The van der Waals surface area contributed by atoms with E-state index in [2.05, 4.69) is 5.10 Å². The summed E-state index contributed by atoms with van der Waals surface area (Å²) in [6.45, 7) is 0.325. The van der Waals surface area contributed by atoms with Gasteiger partial charge in [0.2, 0.25) is 0 Å². The van der Waals surface area contributed by atoms with E-state index in [1.54, 1.807) is 19.0 Å². The van der Waals surface area contributed by atoms with E-state index in [1.807, 2.05) is 0 Å². The highest BCUT2D eigenvalue weighted by molar-refractivity contribution is 7.91. The lowest BCUT2D eigenvalue weighted by Crippen LogP contribution is -2.32. The Morgan fingerprint density at radius 1 is 1.42 bits per heavy atom. The summed E-state index contributed by atoms with van der Waals surface area (Å²) < 4.78 is 35.1. The molecule has 2 N–H and O–H groups in total. The molecule has 1 aromatic rings. The van der Waals surface area contributed by atoms with Crippen LogP contribution in [0.15, 0.2) is 4.90 Å². The van der Waals surface area contributed by atoms with Crippen molar-refractivity contribution in [3.63, 3.8) is 0 Å². The van der Waals surface area contributed by atoms with Crippen LogP contribution in [0.1, 0.15) is 0 Å². The minimum atomic E-state index is -3.47. The molecule has 110 valence electrons. The Hall–Kier alpha value is -1.32. The van der Waals surface area contributed by atoms with E-state index < -0.39 is 16.1 Å². The van der Waals surface area contributed by atoms with Crippen LogP contribution >= 0.6 is 0 Å². The van der Waals surface area contributed by atoms with Crippen LogP contribution in [0.5, 0.6) is 0 Å². The second-order valence-corrected chi connectivity index (χ2v) is 6.17. The second-order valence-electron chi connectivity index (χ2n) is 4.22. The fourth-order valence-electron chi connectivity index (χ4n) is 1.66. The SMILES string of the molecule is COC(CN(C)c1nn(C)c(N)c1S(C)(=O)=O)OC. The van der Waals surface area contributed by atoms with E-state index in [9.17, 15) is 8.42 Å². The summed E-state index contributed by atoms with van der Waals surface area (Å²) in [5.74, 6) is 0.386. The van der Waals surface area contributed by atoms with Crippen LogP contribution in [0.4, 0.5) is 11.6 Å². The van der Waals surface area contributed by atoms with E-state index in [0.29, 0.717) is 6.54 Å². The molecule has 0 saturated carbocycles. The smallest absolute Gasteiger partial charge is 0.182 e. The summed E-state index contributed by atoms with van der Waals surface area (Å²) in [6.07, 6.45) is 0.614. The summed E-state index contributed by atoms with van der Waals surface area (Å²) in [6, 6.07) is 0. The standard InChI is InChI=1S/C10H20N4O4S/c1-13(6-7(17-3)18-4)10-8(19(5,15)16)9(11)14(2)12-10/h7H,6,11H2,1-5H3. The zero-order valence-corrected chi connectivity index (χ0v) is 12.6. The average Bonchev–Trinajstić information content (AvgIpc) is 2.62. The van der Waals surface area contributed by atoms with Crippen LogP contribution in [0, 0.1) is 0 Å². The number of rotatable bonds is 6. The predicted molar refractivity (Wildman–Crippen MR) is 71.8 cm³/mol. The zero-order valence-electron chi connectivity index (χ0n) is 11.7. The Morgan fingerprint density at radius 3 is 2.37 bits per heavy atom. The molecule has 0 aliphatic heterocycles. The largest absolute Gasteiger partial charge is 0.383 e. The normalized spacial score (nSPS) is 12.1. The summed E-state index contributed by atoms with van der Waals surface area (Å²) in [5.41, 5.74) is 5.76. The van der Waals surface area contributed by atoms with Crippen molar-refractivity contribution < 1.29 is 17.9 Å². The van der Waals surface area contributed by atoms with Gasteiger partial charge >= 0.3 is 0 Å². The number of sulfone groups is 1. The van der Waals surface area contributed by atoms with Gasteiger partial charge in [0.1, 0.15) is 5.82 Å². The fraction of sp³-hybridized carbons (Fsp3) is 0.700. The molecule has 0 amide bonds. The van der Waals surface area contributed by atoms with Crippen molar-refractivity contribution in [1.29, 1.82) is 0 Å². The Balaban J connectivity index is 3.17. The number of aromatic nitrogens is 2. The Bertz CT molecular complexity index is 536. The van der Waals surface area contributed by atoms with E-state index in [0.717, 1.165) is 6.26 Å². The molecule has 0 fully saturated rings. The number of nitrogens with zero attached hydrogens (tertiary/aromatic N) is 3. The van der Waals surface area contributed by atoms with Crippen LogP contribution in [-0.2, 0) is 26.4 Å². The van der Waals surface area contributed by atoms with Crippen LogP contribution < -0.4 is 10.6 Å². The molecule has 0 aromatic carbocycles. The lowest BCUT2D eigenvalue weighted by Gasteiger charge is -2.22. The third kappa shape index (κ3) is 3.37. The van der Waals surface area contributed by atoms with Gasteiger partial charge in [0.25, 0.3) is 0 Å². The van der Waals surface area contributed by atoms with E-state index >= 15 is 0 Å². The van der Waals surface area contributed by atoms with Crippen molar-refractivity contribution in [2.45, 2.75) is 11.2 Å². The Morgan fingerprint density at radius 2 is 1.95 bits per heavy atom. The highest BCUT2D eigenvalue weighted by Gasteiger charge is 2.26. The molecule has 0 spiro atoms. The van der Waals surface area contributed by atoms with Crippen LogP contribution in [-0.4, -0.2) is 58.6 Å². The van der Waals surface area contributed by atoms with E-state index in [4.69, 9.17) is 15.2 Å². The molecule has 0 unspecified atom stereocenters. The molecule has 19 heavy (non-hydrogen) atoms. The number of hydrogen-bond acceptors (Lipinski definition) is 7. The summed E-state index contributed by atoms with van der Waals surface area (Å²) in [5, 5.41) is 4.13. The molecule has 1 rings (SSSR count). The molecule has 9 heteroatoms. The molecule has 0 aliphatic rings. The molecular formula is C10H20N4O4S. The van der Waals surface area contributed by atoms with Gasteiger partial charge in [0.15, 0.2) is 26.8 Å². The van der Waals surface area contributed by atoms with Gasteiger partial charge in [0, 0.05) is 34.6 Å². The van der Waals surface area contributed by atoms with Crippen LogP contribution in [0.2, 0.25) is 0 Å². The number of likely N-dealkylation sites (N-methyl/N-ethyl adjacent to an activating group) is 1. The summed E-state index contributed by atoms with van der Waals surface area (Å²) in [4.78, 5) is 1.65. The summed E-state index contributed by atoms with van der Waals surface area (Å²) in [7, 11) is 2.83. The van der Waals surface area contributed by atoms with Crippen molar-refractivity contribution in [1.82, 2.24) is 9.78 Å². The monoisotopic (exact) mass is 292 g/mol. The molecular weight excluding hydrogens is 272 g/mol. The molecule has 0 saturated heterocycles. The number of nitrogens with two attached hydrogens (primary N) is 1. The van der Waals surface area contributed by atoms with Gasteiger partial charge in [-0.2, -0.15) is 5.10 Å². The van der Waals surface area contributed by atoms with E-state index in [-0.39, 0.29) is 16.5 Å². The Labute approximate surface area is 113 Å². The maximum absolute atomic E-state index is 11.8. The van der Waals surface area contributed by atoms with Gasteiger partial charge in [-0.3, -0.25) is 0 Å². The minimum Gasteiger partial charge on any atom is -0.383 e. The lowest BCUT2D eigenvalue weighted by atomic mass is 10.4. The van der Waals surface area contributed by atoms with Gasteiger partial charge in [-0.15, -0.1) is 0 Å². The number of methoxy groups -OCH3 is 2. The minimum absolute atomic E-state index is 0.0171. The first-order valence-electron chi connectivity index (χ1n) is 5.51. The van der Waals surface area contributed by atoms with Crippen molar-refractivity contribution in [3.8, 4) is 0 Å². The van der Waals surface area contributed by atoms with Crippen LogP contribution in [0.25, 0.3) is 0 Å². The molecule has 8 nitrogen and oxygen atoms in total. The van der Waals surface area contributed by atoms with E-state index in [1.165, 1.54) is 18.9 Å². The number of nitrogen functional groups attached to an aromatic ring is 1. The third-order valence-electron chi connectivity index (χ3n) is 2.71. The topological polar surface area (TPSA) is 99.7 Å². The molecule has 1 aromatic heterocycles. The van der Waals surface area contributed by atoms with Crippen molar-refractivity contribution in [3.05, 3.63) is 0 Å². The molecule has 1 heterocycles. The molecule has 0 bridgehead atoms. The van der Waals surface area contributed by atoms with Crippen molar-refractivity contribution in [2.75, 3.05) is 44.7 Å². The number of ether oxygens (including phenoxy) is 2. The van der Waals surface area contributed by atoms with Gasteiger partial charge in [-0.05, 0) is 0 Å². The van der Waals surface area contributed by atoms with Gasteiger partial charge in [-0.25, -0.2) is 13.1 Å². The third-order valence-corrected chi connectivity index (χ3v) is 3.84. The first-order chi connectivity index (χ1) is 8.72. The van der Waals surface area contributed by atoms with Crippen molar-refractivity contribution >= 4 is 21.5 Å². The quantitative estimate of drug-likeness (QED) is 0.703. The molecule has 0 atom stereocenters. The van der Waals surface area contributed by atoms with Crippen molar-refractivity contribution in [2.24, 2.45) is 7.05 Å². The highest BCUT2D eigenvalue weighted by atomic mass is 32.2. The number of anilines is 2. The van der Waals surface area contributed by atoms with Gasteiger partial charge in [-0.1, -0.05) is 0 Å². The summed E-state index contributed by atoms with van der Waals surface area (Å²) >= 11 is 0. The highest BCUT2D eigenvalue weighted by Crippen LogP contribution is 2.28. The first-order valence-corrected chi connectivity index (χ1v) is 7.40. The van der Waals surface area contributed by atoms with Gasteiger partial charge < -0.3 is 20.1 Å². The lowest BCUT2D eigenvalue weighted by molar-refractivity contribution is -0.0945. The first kappa shape index (κ1) is 15.7. The maximum Gasteiger partial charge on any atom is 0.182 e. The molecule has 0 radical (unpaired) electrons. The maximum atomic E-state index is 11.8. The second kappa shape index (κ2) is 5.76. The van der Waals surface area contributed by atoms with Crippen LogP contribution in [0.3, 0.4) is 0 Å². The predicted octanol–water partition coefficient (Wildman–Crippen LogP) is -0.539. The Kier molecular flexibility index (Phi) is 4.77. The average molecular weight is 292 g/mol. The zero-order chi connectivity index (χ0) is 14.8.